The number of carbonyl (C=O) groups is 2. The van der Waals surface area contributed by atoms with Crippen LogP contribution in [-0.2, 0) is 11.3 Å². The third-order valence-electron chi connectivity index (χ3n) is 5.23. The molecule has 0 radical (unpaired) electrons. The van der Waals surface area contributed by atoms with Crippen molar-refractivity contribution >= 4 is 40.5 Å². The second kappa shape index (κ2) is 12.6. The molecule has 1 unspecified atom stereocenters. The second-order valence-electron chi connectivity index (χ2n) is 7.99. The Morgan fingerprint density at radius 2 is 1.92 bits per heavy atom. The SMILES string of the molecule is N#Cc1ccc(CN2CCC(Oc3ccc(NC(=O)c4ccsc4)cc3Cl)C2)cc1.O=C(O)C(F)(F)F. The fourth-order valence-electron chi connectivity index (χ4n) is 3.43. The lowest BCUT2D eigenvalue weighted by Gasteiger charge is -2.18. The topological polar surface area (TPSA) is 103 Å². The molecule has 1 atom stereocenters. The van der Waals surface area contributed by atoms with E-state index in [-0.39, 0.29) is 12.0 Å². The molecule has 1 saturated heterocycles. The Morgan fingerprint density at radius 3 is 2.49 bits per heavy atom. The van der Waals surface area contributed by atoms with Gasteiger partial charge in [0.25, 0.3) is 5.91 Å². The second-order valence-corrected chi connectivity index (χ2v) is 9.17. The molecular weight excluding hydrogens is 531 g/mol. The van der Waals surface area contributed by atoms with Crippen LogP contribution in [0.3, 0.4) is 0 Å². The first kappa shape index (κ1) is 28.0. The van der Waals surface area contributed by atoms with E-state index >= 15 is 0 Å². The number of thiophene rings is 1. The molecule has 1 amide bonds. The molecule has 3 aromatic rings. The van der Waals surface area contributed by atoms with Crippen LogP contribution in [0.5, 0.6) is 5.75 Å². The van der Waals surface area contributed by atoms with Crippen LogP contribution >= 0.6 is 22.9 Å². The van der Waals surface area contributed by atoms with Gasteiger partial charge in [0.2, 0.25) is 0 Å². The van der Waals surface area contributed by atoms with Gasteiger partial charge in [-0.2, -0.15) is 29.8 Å². The van der Waals surface area contributed by atoms with E-state index in [4.69, 9.17) is 31.5 Å². The van der Waals surface area contributed by atoms with Crippen LogP contribution in [0.25, 0.3) is 0 Å². The van der Waals surface area contributed by atoms with E-state index in [0.717, 1.165) is 26.1 Å². The number of carboxylic acids is 1. The molecule has 0 saturated carbocycles. The monoisotopic (exact) mass is 551 g/mol. The maximum atomic E-state index is 12.2. The van der Waals surface area contributed by atoms with Crippen molar-refractivity contribution in [3.63, 3.8) is 0 Å². The number of hydrogen-bond acceptors (Lipinski definition) is 6. The van der Waals surface area contributed by atoms with Crippen molar-refractivity contribution in [1.82, 2.24) is 4.90 Å². The molecular formula is C25H21ClF3N3O4S. The van der Waals surface area contributed by atoms with E-state index in [1.54, 1.807) is 29.6 Å². The van der Waals surface area contributed by atoms with Gasteiger partial charge in [-0.05, 0) is 53.8 Å². The van der Waals surface area contributed by atoms with Crippen LogP contribution in [-0.4, -0.2) is 47.3 Å². The van der Waals surface area contributed by atoms with E-state index in [9.17, 15) is 18.0 Å². The number of aliphatic carboxylic acids is 1. The van der Waals surface area contributed by atoms with Crippen molar-refractivity contribution in [1.29, 1.82) is 5.26 Å². The van der Waals surface area contributed by atoms with E-state index in [2.05, 4.69) is 16.3 Å². The van der Waals surface area contributed by atoms with Gasteiger partial charge in [0, 0.05) is 30.7 Å². The summed E-state index contributed by atoms with van der Waals surface area (Å²) in [6.07, 6.45) is -4.10. The molecule has 1 aliphatic heterocycles. The van der Waals surface area contributed by atoms with Crippen molar-refractivity contribution in [2.24, 2.45) is 0 Å². The summed E-state index contributed by atoms with van der Waals surface area (Å²) in [4.78, 5) is 23.4. The highest BCUT2D eigenvalue weighted by molar-refractivity contribution is 7.08. The van der Waals surface area contributed by atoms with Crippen molar-refractivity contribution in [3.8, 4) is 11.8 Å². The minimum atomic E-state index is -5.08. The van der Waals surface area contributed by atoms with Crippen LogP contribution < -0.4 is 10.1 Å². The Balaban J connectivity index is 0.000000479. The van der Waals surface area contributed by atoms with Crippen molar-refractivity contribution in [2.45, 2.75) is 25.2 Å². The number of carbonyl (C=O) groups excluding carboxylic acids is 1. The third kappa shape index (κ3) is 8.49. The molecule has 1 aliphatic rings. The van der Waals surface area contributed by atoms with E-state index in [1.807, 2.05) is 29.6 Å². The summed E-state index contributed by atoms with van der Waals surface area (Å²) in [7, 11) is 0. The Hall–Kier alpha value is -3.59. The number of carboxylic acid groups (broad SMARTS) is 1. The molecule has 1 aromatic heterocycles. The summed E-state index contributed by atoms with van der Waals surface area (Å²) >= 11 is 7.88. The lowest BCUT2D eigenvalue weighted by molar-refractivity contribution is -0.192. The summed E-state index contributed by atoms with van der Waals surface area (Å²) in [5, 5.41) is 23.0. The van der Waals surface area contributed by atoms with Gasteiger partial charge in [-0.1, -0.05) is 23.7 Å². The number of amides is 1. The smallest absolute Gasteiger partial charge is 0.487 e. The number of hydrogen-bond donors (Lipinski definition) is 2. The number of alkyl halides is 3. The number of nitrogens with one attached hydrogen (secondary N) is 1. The molecule has 2 heterocycles. The summed E-state index contributed by atoms with van der Waals surface area (Å²) in [5.74, 6) is -2.29. The van der Waals surface area contributed by atoms with Crippen molar-refractivity contribution in [2.75, 3.05) is 18.4 Å². The van der Waals surface area contributed by atoms with Crippen molar-refractivity contribution < 1.29 is 32.6 Å². The first-order chi connectivity index (χ1) is 17.5. The molecule has 12 heteroatoms. The first-order valence-electron chi connectivity index (χ1n) is 10.9. The van der Waals surface area contributed by atoms with Crippen molar-refractivity contribution in [3.05, 3.63) is 81.0 Å². The van der Waals surface area contributed by atoms with Gasteiger partial charge in [-0.15, -0.1) is 0 Å². The van der Waals surface area contributed by atoms with E-state index in [1.165, 1.54) is 16.9 Å². The van der Waals surface area contributed by atoms with Gasteiger partial charge >= 0.3 is 12.1 Å². The summed E-state index contributed by atoms with van der Waals surface area (Å²) in [6, 6.07) is 16.9. The van der Waals surface area contributed by atoms with Crippen LogP contribution in [0.1, 0.15) is 27.9 Å². The predicted molar refractivity (Wildman–Crippen MR) is 133 cm³/mol. The number of likely N-dealkylation sites (tertiary alicyclic amines) is 1. The number of ether oxygens (including phenoxy) is 1. The largest absolute Gasteiger partial charge is 0.490 e. The zero-order chi connectivity index (χ0) is 27.0. The third-order valence-corrected chi connectivity index (χ3v) is 6.21. The molecule has 0 spiro atoms. The molecule has 2 aromatic carbocycles. The minimum absolute atomic E-state index is 0.0622. The number of anilines is 1. The maximum absolute atomic E-state index is 12.2. The van der Waals surface area contributed by atoms with Crippen LogP contribution in [0.4, 0.5) is 18.9 Å². The molecule has 37 heavy (non-hydrogen) atoms. The number of rotatable bonds is 6. The quantitative estimate of drug-likeness (QED) is 0.401. The number of nitriles is 1. The van der Waals surface area contributed by atoms with Crippen LogP contribution in [0.2, 0.25) is 5.02 Å². The first-order valence-corrected chi connectivity index (χ1v) is 12.2. The molecule has 0 aliphatic carbocycles. The fraction of sp³-hybridized carbons (Fsp3) is 0.240. The summed E-state index contributed by atoms with van der Waals surface area (Å²) in [5.41, 5.74) is 3.12. The van der Waals surface area contributed by atoms with Gasteiger partial charge in [0.05, 0.1) is 22.2 Å². The highest BCUT2D eigenvalue weighted by Gasteiger charge is 2.38. The Kier molecular flexibility index (Phi) is 9.52. The standard InChI is InChI=1S/C23H20ClN3O2S.C2HF3O2/c24-21-11-19(26-23(28)18-8-10-30-15-18)5-6-22(21)29-20-7-9-27(14-20)13-17-3-1-16(12-25)2-4-17;3-2(4,5)1(6)7/h1-6,8,10-11,15,20H,7,9,13-14H2,(H,26,28);(H,6,7). The van der Waals surface area contributed by atoms with Crippen LogP contribution in [0.15, 0.2) is 59.3 Å². The summed E-state index contributed by atoms with van der Waals surface area (Å²) < 4.78 is 37.9. The van der Waals surface area contributed by atoms with Gasteiger partial charge in [-0.3, -0.25) is 9.69 Å². The number of halogens is 4. The molecule has 4 rings (SSSR count). The van der Waals surface area contributed by atoms with E-state index < -0.39 is 12.1 Å². The highest BCUT2D eigenvalue weighted by atomic mass is 35.5. The molecule has 2 N–H and O–H groups in total. The Morgan fingerprint density at radius 1 is 1.22 bits per heavy atom. The molecule has 0 bridgehead atoms. The zero-order valence-electron chi connectivity index (χ0n) is 19.2. The van der Waals surface area contributed by atoms with Gasteiger partial charge in [-0.25, -0.2) is 4.79 Å². The number of benzene rings is 2. The zero-order valence-corrected chi connectivity index (χ0v) is 20.7. The Bertz CT molecular complexity index is 1260. The van der Waals surface area contributed by atoms with Gasteiger partial charge < -0.3 is 15.2 Å². The average molecular weight is 552 g/mol. The normalized spacial score (nSPS) is 15.3. The average Bonchev–Trinajstić information content (AvgIpc) is 3.54. The van der Waals surface area contributed by atoms with Gasteiger partial charge in [0.15, 0.2) is 0 Å². The van der Waals surface area contributed by atoms with Gasteiger partial charge in [0.1, 0.15) is 11.9 Å². The molecule has 194 valence electrons. The lowest BCUT2D eigenvalue weighted by atomic mass is 10.1. The lowest BCUT2D eigenvalue weighted by Crippen LogP contribution is -2.24. The highest BCUT2D eigenvalue weighted by Crippen LogP contribution is 2.30. The summed E-state index contributed by atoms with van der Waals surface area (Å²) in [6.45, 7) is 2.58. The van der Waals surface area contributed by atoms with Crippen LogP contribution in [0, 0.1) is 11.3 Å². The fourth-order valence-corrected chi connectivity index (χ4v) is 4.29. The number of nitrogens with zero attached hydrogens (tertiary/aromatic N) is 2. The maximum Gasteiger partial charge on any atom is 0.490 e. The molecule has 7 nitrogen and oxygen atoms in total. The predicted octanol–water partition coefficient (Wildman–Crippen LogP) is 5.81. The molecule has 1 fully saturated rings. The Labute approximate surface area is 219 Å². The minimum Gasteiger partial charge on any atom is -0.487 e. The van der Waals surface area contributed by atoms with E-state index in [0.29, 0.717) is 27.6 Å².